The maximum atomic E-state index is 11.9. The third kappa shape index (κ3) is 6.04. The molecular formula is C19H31N3O2S. The number of hydrogen-bond donors (Lipinski definition) is 2. The molecule has 5 nitrogen and oxygen atoms in total. The number of nitrogens with one attached hydrogen (secondary N) is 2. The molecule has 1 aromatic rings. The Morgan fingerprint density at radius 1 is 0.960 bits per heavy atom. The van der Waals surface area contributed by atoms with E-state index in [9.17, 15) is 8.42 Å². The summed E-state index contributed by atoms with van der Waals surface area (Å²) in [5.74, 6) is 0. The fourth-order valence-corrected chi connectivity index (χ4v) is 3.41. The van der Waals surface area contributed by atoms with E-state index in [-0.39, 0.29) is 0 Å². The van der Waals surface area contributed by atoms with Crippen LogP contribution in [0.2, 0.25) is 0 Å². The molecule has 6 heteroatoms. The Bertz CT molecular complexity index is 653. The van der Waals surface area contributed by atoms with Gasteiger partial charge in [0.1, 0.15) is 0 Å². The lowest BCUT2D eigenvalue weighted by atomic mass is 10.2. The summed E-state index contributed by atoms with van der Waals surface area (Å²) in [5, 5.41) is 3.42. The highest BCUT2D eigenvalue weighted by Crippen LogP contribution is 2.19. The van der Waals surface area contributed by atoms with Crippen molar-refractivity contribution in [1.82, 2.24) is 4.72 Å². The van der Waals surface area contributed by atoms with Crippen LogP contribution in [0.5, 0.6) is 0 Å². The third-order valence-corrected chi connectivity index (χ3v) is 6.53. The van der Waals surface area contributed by atoms with Crippen LogP contribution in [0.1, 0.15) is 40.0 Å². The van der Waals surface area contributed by atoms with Gasteiger partial charge in [-0.25, -0.2) is 13.1 Å². The summed E-state index contributed by atoms with van der Waals surface area (Å²) in [6.07, 6.45) is 7.26. The molecule has 1 aliphatic heterocycles. The van der Waals surface area contributed by atoms with E-state index in [0.29, 0.717) is 6.54 Å². The SMILES string of the molecule is CC(C)(C)S(=O)(=O)NCCCCCNc1ccc(N2CC=CC2)cc1. The van der Waals surface area contributed by atoms with Gasteiger partial charge < -0.3 is 10.2 Å². The van der Waals surface area contributed by atoms with Gasteiger partial charge in [0.05, 0.1) is 4.75 Å². The molecule has 0 aromatic heterocycles. The first kappa shape index (κ1) is 19.8. The average molecular weight is 366 g/mol. The fraction of sp³-hybridized carbons (Fsp3) is 0.579. The monoisotopic (exact) mass is 365 g/mol. The number of benzene rings is 1. The molecule has 25 heavy (non-hydrogen) atoms. The van der Waals surface area contributed by atoms with Gasteiger partial charge >= 0.3 is 0 Å². The van der Waals surface area contributed by atoms with Gasteiger partial charge in [-0.2, -0.15) is 0 Å². The largest absolute Gasteiger partial charge is 0.385 e. The van der Waals surface area contributed by atoms with Gasteiger partial charge in [0.15, 0.2) is 0 Å². The first-order valence-corrected chi connectivity index (χ1v) is 10.5. The van der Waals surface area contributed by atoms with Gasteiger partial charge in [0.2, 0.25) is 10.0 Å². The van der Waals surface area contributed by atoms with Crippen LogP contribution in [-0.4, -0.2) is 39.3 Å². The molecule has 1 heterocycles. The van der Waals surface area contributed by atoms with Gasteiger partial charge in [-0.05, 0) is 57.9 Å². The van der Waals surface area contributed by atoms with Crippen LogP contribution in [0.4, 0.5) is 11.4 Å². The Labute approximate surface area is 152 Å². The highest BCUT2D eigenvalue weighted by Gasteiger charge is 2.27. The second-order valence-corrected chi connectivity index (χ2v) is 9.94. The second-order valence-electron chi connectivity index (χ2n) is 7.42. The van der Waals surface area contributed by atoms with Crippen LogP contribution in [0, 0.1) is 0 Å². The van der Waals surface area contributed by atoms with Crippen LogP contribution in [0.15, 0.2) is 36.4 Å². The summed E-state index contributed by atoms with van der Waals surface area (Å²) in [4.78, 5) is 2.32. The number of unbranched alkanes of at least 4 members (excludes halogenated alkanes) is 2. The van der Waals surface area contributed by atoms with Crippen molar-refractivity contribution in [2.75, 3.05) is 36.4 Å². The predicted molar refractivity (Wildman–Crippen MR) is 107 cm³/mol. The molecule has 2 N–H and O–H groups in total. The average Bonchev–Trinajstić information content (AvgIpc) is 3.08. The molecule has 0 radical (unpaired) electrons. The van der Waals surface area contributed by atoms with E-state index in [4.69, 9.17) is 0 Å². The molecule has 140 valence electrons. The molecule has 0 bridgehead atoms. The molecule has 2 rings (SSSR count). The minimum absolute atomic E-state index is 0.512. The first-order chi connectivity index (χ1) is 11.8. The highest BCUT2D eigenvalue weighted by molar-refractivity contribution is 7.90. The number of sulfonamides is 1. The zero-order chi connectivity index (χ0) is 18.3. The fourth-order valence-electron chi connectivity index (χ4n) is 2.56. The second kappa shape index (κ2) is 8.72. The molecule has 0 spiro atoms. The van der Waals surface area contributed by atoms with E-state index in [2.05, 4.69) is 51.4 Å². The smallest absolute Gasteiger partial charge is 0.216 e. The zero-order valence-corrected chi connectivity index (χ0v) is 16.4. The van der Waals surface area contributed by atoms with E-state index in [1.807, 2.05) is 0 Å². The number of rotatable bonds is 9. The Morgan fingerprint density at radius 2 is 1.56 bits per heavy atom. The van der Waals surface area contributed by atoms with E-state index >= 15 is 0 Å². The van der Waals surface area contributed by atoms with Crippen LogP contribution in [0.3, 0.4) is 0 Å². The van der Waals surface area contributed by atoms with E-state index in [1.165, 1.54) is 5.69 Å². The number of nitrogens with zero attached hydrogens (tertiary/aromatic N) is 1. The van der Waals surface area contributed by atoms with Crippen LogP contribution in [-0.2, 0) is 10.0 Å². The van der Waals surface area contributed by atoms with Gasteiger partial charge in [-0.15, -0.1) is 0 Å². The topological polar surface area (TPSA) is 61.4 Å². The van der Waals surface area contributed by atoms with Crippen molar-refractivity contribution < 1.29 is 8.42 Å². The van der Waals surface area contributed by atoms with Crippen molar-refractivity contribution in [2.45, 2.75) is 44.8 Å². The lowest BCUT2D eigenvalue weighted by Crippen LogP contribution is -2.39. The summed E-state index contributed by atoms with van der Waals surface area (Å²) in [6, 6.07) is 8.53. The summed E-state index contributed by atoms with van der Waals surface area (Å²) >= 11 is 0. The Hall–Kier alpha value is -1.53. The molecule has 0 amide bonds. The standard InChI is InChI=1S/C19H31N3O2S/c1-19(2,3)25(23,24)21-14-6-4-5-13-20-17-9-11-18(12-10-17)22-15-7-8-16-22/h7-12,20-21H,4-6,13-16H2,1-3H3. The normalized spacial score (nSPS) is 14.9. The Morgan fingerprint density at radius 3 is 2.16 bits per heavy atom. The molecule has 1 aromatic carbocycles. The summed E-state index contributed by atoms with van der Waals surface area (Å²) < 4.78 is 25.8. The molecule has 0 saturated heterocycles. The van der Waals surface area contributed by atoms with E-state index in [0.717, 1.165) is 44.6 Å². The highest BCUT2D eigenvalue weighted by atomic mass is 32.2. The van der Waals surface area contributed by atoms with Crippen molar-refractivity contribution in [1.29, 1.82) is 0 Å². The minimum Gasteiger partial charge on any atom is -0.385 e. The molecule has 1 aliphatic rings. The number of anilines is 2. The summed E-state index contributed by atoms with van der Waals surface area (Å²) in [7, 11) is -3.22. The van der Waals surface area contributed by atoms with E-state index < -0.39 is 14.8 Å². The predicted octanol–water partition coefficient (Wildman–Crippen LogP) is 3.36. The van der Waals surface area contributed by atoms with Crippen molar-refractivity contribution in [3.05, 3.63) is 36.4 Å². The Kier molecular flexibility index (Phi) is 6.90. The van der Waals surface area contributed by atoms with Gasteiger partial charge in [0, 0.05) is 37.6 Å². The van der Waals surface area contributed by atoms with Gasteiger partial charge in [0.25, 0.3) is 0 Å². The van der Waals surface area contributed by atoms with Crippen LogP contribution in [0.25, 0.3) is 0 Å². The molecular weight excluding hydrogens is 334 g/mol. The van der Waals surface area contributed by atoms with Crippen molar-refractivity contribution >= 4 is 21.4 Å². The van der Waals surface area contributed by atoms with E-state index in [1.54, 1.807) is 20.8 Å². The molecule has 0 unspecified atom stereocenters. The third-order valence-electron chi connectivity index (χ3n) is 4.33. The first-order valence-electron chi connectivity index (χ1n) is 9.03. The Balaban J connectivity index is 1.59. The molecule has 0 aliphatic carbocycles. The summed E-state index contributed by atoms with van der Waals surface area (Å²) in [6.45, 7) is 8.53. The maximum Gasteiger partial charge on any atom is 0.216 e. The number of hydrogen-bond acceptors (Lipinski definition) is 4. The van der Waals surface area contributed by atoms with Crippen LogP contribution < -0.4 is 14.9 Å². The van der Waals surface area contributed by atoms with Gasteiger partial charge in [-0.3, -0.25) is 0 Å². The lowest BCUT2D eigenvalue weighted by Gasteiger charge is -2.19. The zero-order valence-electron chi connectivity index (χ0n) is 15.6. The molecule has 0 saturated carbocycles. The molecule has 0 fully saturated rings. The quantitative estimate of drug-likeness (QED) is 0.520. The summed E-state index contributed by atoms with van der Waals surface area (Å²) in [5.41, 5.74) is 2.38. The van der Waals surface area contributed by atoms with Crippen LogP contribution >= 0.6 is 0 Å². The lowest BCUT2D eigenvalue weighted by molar-refractivity contribution is 0.540. The van der Waals surface area contributed by atoms with Crippen molar-refractivity contribution in [3.8, 4) is 0 Å². The van der Waals surface area contributed by atoms with Crippen molar-refractivity contribution in [3.63, 3.8) is 0 Å². The maximum absolute atomic E-state index is 11.9. The van der Waals surface area contributed by atoms with Gasteiger partial charge in [-0.1, -0.05) is 18.6 Å². The minimum atomic E-state index is -3.22. The van der Waals surface area contributed by atoms with Crippen molar-refractivity contribution in [2.24, 2.45) is 0 Å². The molecule has 0 atom stereocenters.